The Hall–Kier alpha value is -3.23. The Bertz CT molecular complexity index is 1220. The van der Waals surface area contributed by atoms with Gasteiger partial charge in [0, 0.05) is 5.02 Å². The van der Waals surface area contributed by atoms with Gasteiger partial charge in [0.15, 0.2) is 5.17 Å². The summed E-state index contributed by atoms with van der Waals surface area (Å²) in [6, 6.07) is 19.2. The SMILES string of the molecule is O=C1NC(=Nc2cccc(C(F)(F)F)c2)SC1=Cc1ccc(OCc2ccc(Cl)cc2)cc1. The van der Waals surface area contributed by atoms with Crippen molar-refractivity contribution in [2.45, 2.75) is 12.8 Å². The van der Waals surface area contributed by atoms with Crippen LogP contribution < -0.4 is 10.1 Å². The van der Waals surface area contributed by atoms with Gasteiger partial charge in [0.05, 0.1) is 16.2 Å². The number of carbonyl (C=O) groups excluding carboxylic acids is 1. The van der Waals surface area contributed by atoms with Crippen LogP contribution in [0.3, 0.4) is 0 Å². The van der Waals surface area contributed by atoms with E-state index < -0.39 is 11.7 Å². The minimum atomic E-state index is -4.46. The smallest absolute Gasteiger partial charge is 0.416 e. The van der Waals surface area contributed by atoms with E-state index in [9.17, 15) is 18.0 Å². The van der Waals surface area contributed by atoms with Crippen LogP contribution in [0.25, 0.3) is 6.08 Å². The minimum absolute atomic E-state index is 0.107. The van der Waals surface area contributed by atoms with E-state index in [1.54, 1.807) is 42.5 Å². The highest BCUT2D eigenvalue weighted by Crippen LogP contribution is 2.33. The molecule has 0 aliphatic carbocycles. The van der Waals surface area contributed by atoms with E-state index >= 15 is 0 Å². The topological polar surface area (TPSA) is 50.7 Å². The number of halogens is 4. The van der Waals surface area contributed by atoms with Crippen molar-refractivity contribution < 1.29 is 22.7 Å². The summed E-state index contributed by atoms with van der Waals surface area (Å²) < 4.78 is 44.4. The molecule has 0 spiro atoms. The van der Waals surface area contributed by atoms with Gasteiger partial charge in [0.2, 0.25) is 0 Å². The molecular formula is C24H16ClF3N2O2S. The van der Waals surface area contributed by atoms with Crippen LogP contribution in [-0.4, -0.2) is 11.1 Å². The summed E-state index contributed by atoms with van der Waals surface area (Å²) in [5.74, 6) is 0.302. The zero-order valence-corrected chi connectivity index (χ0v) is 18.5. The van der Waals surface area contributed by atoms with Crippen molar-refractivity contribution in [1.29, 1.82) is 0 Å². The summed E-state index contributed by atoms with van der Waals surface area (Å²) in [4.78, 5) is 16.8. The monoisotopic (exact) mass is 488 g/mol. The molecule has 1 fully saturated rings. The number of nitrogens with one attached hydrogen (secondary N) is 1. The lowest BCUT2D eigenvalue weighted by Crippen LogP contribution is -2.19. The molecule has 1 saturated heterocycles. The Morgan fingerprint density at radius 3 is 2.45 bits per heavy atom. The van der Waals surface area contributed by atoms with Gasteiger partial charge in [-0.2, -0.15) is 13.2 Å². The van der Waals surface area contributed by atoms with Gasteiger partial charge in [0.1, 0.15) is 12.4 Å². The van der Waals surface area contributed by atoms with E-state index in [4.69, 9.17) is 16.3 Å². The summed E-state index contributed by atoms with van der Waals surface area (Å²) in [5.41, 5.74) is 1.06. The lowest BCUT2D eigenvalue weighted by atomic mass is 10.2. The molecule has 1 aliphatic rings. The van der Waals surface area contributed by atoms with E-state index in [-0.39, 0.29) is 16.8 Å². The van der Waals surface area contributed by atoms with Gasteiger partial charge in [-0.3, -0.25) is 4.79 Å². The second kappa shape index (κ2) is 9.72. The molecule has 1 amide bonds. The summed E-state index contributed by atoms with van der Waals surface area (Å²) in [7, 11) is 0. The third-order valence-corrected chi connectivity index (χ3v) is 5.71. The number of amides is 1. The largest absolute Gasteiger partial charge is 0.489 e. The van der Waals surface area contributed by atoms with E-state index in [1.165, 1.54) is 12.1 Å². The van der Waals surface area contributed by atoms with Crippen LogP contribution in [0, 0.1) is 0 Å². The number of thioether (sulfide) groups is 1. The van der Waals surface area contributed by atoms with Crippen molar-refractivity contribution in [3.63, 3.8) is 0 Å². The molecule has 0 atom stereocenters. The van der Waals surface area contributed by atoms with Crippen molar-refractivity contribution >= 4 is 46.2 Å². The molecule has 0 bridgehead atoms. The van der Waals surface area contributed by atoms with Crippen LogP contribution in [0.2, 0.25) is 5.02 Å². The number of hydrogen-bond donors (Lipinski definition) is 1. The van der Waals surface area contributed by atoms with Gasteiger partial charge in [-0.15, -0.1) is 0 Å². The van der Waals surface area contributed by atoms with Crippen molar-refractivity contribution in [1.82, 2.24) is 5.32 Å². The first kappa shape index (κ1) is 22.9. The van der Waals surface area contributed by atoms with Crippen LogP contribution in [-0.2, 0) is 17.6 Å². The van der Waals surface area contributed by atoms with Crippen molar-refractivity contribution in [3.05, 3.63) is 99.4 Å². The highest BCUT2D eigenvalue weighted by atomic mass is 35.5. The number of hydrogen-bond acceptors (Lipinski definition) is 4. The maximum absolute atomic E-state index is 12.9. The molecule has 168 valence electrons. The quantitative estimate of drug-likeness (QED) is 0.400. The minimum Gasteiger partial charge on any atom is -0.489 e. The highest BCUT2D eigenvalue weighted by molar-refractivity contribution is 8.18. The fraction of sp³-hybridized carbons (Fsp3) is 0.0833. The summed E-state index contributed by atoms with van der Waals surface area (Å²) in [5, 5.41) is 3.45. The Morgan fingerprint density at radius 1 is 1.03 bits per heavy atom. The second-order valence-corrected chi connectivity index (χ2v) is 8.48. The Morgan fingerprint density at radius 2 is 1.76 bits per heavy atom. The molecule has 0 unspecified atom stereocenters. The number of alkyl halides is 3. The number of carbonyl (C=O) groups is 1. The molecule has 0 aromatic heterocycles. The number of benzene rings is 3. The number of nitrogens with zero attached hydrogens (tertiary/aromatic N) is 1. The van der Waals surface area contributed by atoms with Crippen LogP contribution in [0.5, 0.6) is 5.75 Å². The van der Waals surface area contributed by atoms with Crippen molar-refractivity contribution in [2.75, 3.05) is 0 Å². The summed E-state index contributed by atoms with van der Waals surface area (Å²) >= 11 is 6.94. The van der Waals surface area contributed by atoms with Crippen LogP contribution in [0.4, 0.5) is 18.9 Å². The fourth-order valence-corrected chi connectivity index (χ4v) is 3.88. The normalized spacial score (nSPS) is 16.3. The van der Waals surface area contributed by atoms with E-state index in [0.717, 1.165) is 35.0 Å². The van der Waals surface area contributed by atoms with Gasteiger partial charge in [-0.1, -0.05) is 41.9 Å². The van der Waals surface area contributed by atoms with Crippen LogP contribution in [0.15, 0.2) is 82.7 Å². The van der Waals surface area contributed by atoms with Crippen molar-refractivity contribution in [2.24, 2.45) is 4.99 Å². The zero-order valence-electron chi connectivity index (χ0n) is 16.9. The number of ether oxygens (including phenoxy) is 1. The standard InChI is InChI=1S/C24H16ClF3N2O2S/c25-18-8-4-16(5-9-18)14-32-20-10-6-15(7-11-20)12-21-22(31)30-23(33-21)29-19-3-1-2-17(13-19)24(26,27)28/h1-13H,14H2,(H,29,30,31). The summed E-state index contributed by atoms with van der Waals surface area (Å²) in [6.45, 7) is 0.394. The van der Waals surface area contributed by atoms with Gasteiger partial charge >= 0.3 is 6.18 Å². The maximum atomic E-state index is 12.9. The zero-order chi connectivity index (χ0) is 23.4. The molecule has 4 rings (SSSR count). The van der Waals surface area contributed by atoms with Gasteiger partial charge in [0.25, 0.3) is 5.91 Å². The van der Waals surface area contributed by atoms with E-state index in [0.29, 0.717) is 22.3 Å². The average Bonchev–Trinajstić information content (AvgIpc) is 3.12. The first-order valence-corrected chi connectivity index (χ1v) is 10.9. The first-order valence-electron chi connectivity index (χ1n) is 9.70. The molecule has 33 heavy (non-hydrogen) atoms. The molecule has 1 aliphatic heterocycles. The predicted molar refractivity (Wildman–Crippen MR) is 124 cm³/mol. The van der Waals surface area contributed by atoms with Gasteiger partial charge < -0.3 is 10.1 Å². The number of rotatable bonds is 5. The number of aliphatic imine (C=N–C) groups is 1. The third-order valence-electron chi connectivity index (χ3n) is 4.55. The number of amidine groups is 1. The van der Waals surface area contributed by atoms with E-state index in [1.807, 2.05) is 12.1 Å². The highest BCUT2D eigenvalue weighted by Gasteiger charge is 2.30. The lowest BCUT2D eigenvalue weighted by Gasteiger charge is -2.07. The molecule has 4 nitrogen and oxygen atoms in total. The average molecular weight is 489 g/mol. The molecule has 1 heterocycles. The Balaban J connectivity index is 1.41. The van der Waals surface area contributed by atoms with Crippen molar-refractivity contribution in [3.8, 4) is 5.75 Å². The molecular weight excluding hydrogens is 473 g/mol. The Kier molecular flexibility index (Phi) is 6.76. The molecule has 9 heteroatoms. The lowest BCUT2D eigenvalue weighted by molar-refractivity contribution is -0.137. The third kappa shape index (κ3) is 6.18. The van der Waals surface area contributed by atoms with Gasteiger partial charge in [-0.05, 0) is 71.4 Å². The van der Waals surface area contributed by atoms with E-state index in [2.05, 4.69) is 10.3 Å². The molecule has 1 N–H and O–H groups in total. The van der Waals surface area contributed by atoms with Crippen LogP contribution in [0.1, 0.15) is 16.7 Å². The van der Waals surface area contributed by atoms with Gasteiger partial charge in [-0.25, -0.2) is 4.99 Å². The molecule has 3 aromatic carbocycles. The second-order valence-electron chi connectivity index (χ2n) is 7.01. The summed E-state index contributed by atoms with van der Waals surface area (Å²) in [6.07, 6.45) is -2.78. The fourth-order valence-electron chi connectivity index (χ4n) is 2.91. The van der Waals surface area contributed by atoms with Crippen LogP contribution >= 0.6 is 23.4 Å². The predicted octanol–water partition coefficient (Wildman–Crippen LogP) is 6.83. The molecule has 0 saturated carbocycles. The molecule has 3 aromatic rings. The Labute approximate surface area is 197 Å². The molecule has 0 radical (unpaired) electrons. The first-order chi connectivity index (χ1) is 15.8. The maximum Gasteiger partial charge on any atom is 0.416 e.